The number of anilines is 1. The van der Waals surface area contributed by atoms with E-state index < -0.39 is 17.6 Å². The molecule has 0 radical (unpaired) electrons. The summed E-state index contributed by atoms with van der Waals surface area (Å²) in [4.78, 5) is 27.9. The van der Waals surface area contributed by atoms with Gasteiger partial charge >= 0.3 is 0 Å². The van der Waals surface area contributed by atoms with Gasteiger partial charge in [-0.2, -0.15) is 0 Å². The standard InChI is InChI=1S/C26H22ClFN2O3/c1-16-3-8-19(27)15-22(16)29-24-23(18-6-9-20(28)10-7-18)25(31)30(26(24)32)14-13-17-4-11-21(33-2)12-5-17/h3-12,15,29H,13-14H2,1-2H3. The van der Waals surface area contributed by atoms with Crippen LogP contribution in [0.1, 0.15) is 16.7 Å². The Morgan fingerprint density at radius 2 is 1.67 bits per heavy atom. The molecule has 0 saturated carbocycles. The number of amides is 2. The van der Waals surface area contributed by atoms with Crippen LogP contribution < -0.4 is 10.1 Å². The molecule has 1 aliphatic rings. The molecule has 7 heteroatoms. The van der Waals surface area contributed by atoms with E-state index in [9.17, 15) is 14.0 Å². The molecule has 33 heavy (non-hydrogen) atoms. The Balaban J connectivity index is 1.66. The van der Waals surface area contributed by atoms with Crippen molar-refractivity contribution in [3.63, 3.8) is 0 Å². The number of hydrogen-bond donors (Lipinski definition) is 1. The summed E-state index contributed by atoms with van der Waals surface area (Å²) in [5.74, 6) is -0.557. The van der Waals surface area contributed by atoms with Crippen LogP contribution in [0.15, 0.2) is 72.4 Å². The summed E-state index contributed by atoms with van der Waals surface area (Å²) in [6, 6.07) is 18.3. The highest BCUT2D eigenvalue weighted by molar-refractivity contribution is 6.36. The van der Waals surface area contributed by atoms with E-state index in [1.807, 2.05) is 37.3 Å². The van der Waals surface area contributed by atoms with Crippen LogP contribution in [-0.4, -0.2) is 30.4 Å². The number of nitrogens with zero attached hydrogens (tertiary/aromatic N) is 1. The van der Waals surface area contributed by atoms with E-state index >= 15 is 0 Å². The second-order valence-corrected chi connectivity index (χ2v) is 8.14. The maximum Gasteiger partial charge on any atom is 0.278 e. The summed E-state index contributed by atoms with van der Waals surface area (Å²) in [6.45, 7) is 2.08. The van der Waals surface area contributed by atoms with Crippen molar-refractivity contribution in [2.75, 3.05) is 19.0 Å². The van der Waals surface area contributed by atoms with E-state index in [2.05, 4.69) is 5.32 Å². The van der Waals surface area contributed by atoms with Crippen molar-refractivity contribution in [3.8, 4) is 5.75 Å². The van der Waals surface area contributed by atoms with Gasteiger partial charge in [0, 0.05) is 17.3 Å². The lowest BCUT2D eigenvalue weighted by Crippen LogP contribution is -2.34. The van der Waals surface area contributed by atoms with Crippen molar-refractivity contribution in [3.05, 3.63) is 100.0 Å². The first kappa shape index (κ1) is 22.6. The summed E-state index contributed by atoms with van der Waals surface area (Å²) in [6.07, 6.45) is 0.488. The Labute approximate surface area is 196 Å². The number of nitrogens with one attached hydrogen (secondary N) is 1. The van der Waals surface area contributed by atoms with E-state index in [0.29, 0.717) is 22.7 Å². The molecule has 1 aliphatic heterocycles. The van der Waals surface area contributed by atoms with Gasteiger partial charge in [-0.15, -0.1) is 0 Å². The number of methoxy groups -OCH3 is 1. The molecule has 0 atom stereocenters. The predicted octanol–water partition coefficient (Wildman–Crippen LogP) is 5.23. The zero-order chi connectivity index (χ0) is 23.5. The molecule has 0 bridgehead atoms. The van der Waals surface area contributed by atoms with Crippen molar-refractivity contribution in [1.29, 1.82) is 0 Å². The molecule has 3 aromatic rings. The van der Waals surface area contributed by atoms with E-state index in [1.54, 1.807) is 19.2 Å². The molecular weight excluding hydrogens is 443 g/mol. The van der Waals surface area contributed by atoms with Crippen molar-refractivity contribution >= 4 is 34.7 Å². The van der Waals surface area contributed by atoms with Crippen molar-refractivity contribution in [2.45, 2.75) is 13.3 Å². The predicted molar refractivity (Wildman–Crippen MR) is 127 cm³/mol. The quantitative estimate of drug-likeness (QED) is 0.486. The zero-order valence-electron chi connectivity index (χ0n) is 18.2. The van der Waals surface area contributed by atoms with Crippen LogP contribution in [0.2, 0.25) is 5.02 Å². The number of carbonyl (C=O) groups is 2. The summed E-state index contributed by atoms with van der Waals surface area (Å²) in [7, 11) is 1.59. The van der Waals surface area contributed by atoms with Crippen LogP contribution in [-0.2, 0) is 16.0 Å². The maximum atomic E-state index is 13.5. The number of aryl methyl sites for hydroxylation is 1. The fraction of sp³-hybridized carbons (Fsp3) is 0.154. The molecular formula is C26H22ClFN2O3. The Morgan fingerprint density at radius 3 is 2.33 bits per heavy atom. The van der Waals surface area contributed by atoms with Crippen molar-refractivity contribution in [2.24, 2.45) is 0 Å². The molecule has 0 unspecified atom stereocenters. The fourth-order valence-electron chi connectivity index (χ4n) is 3.68. The molecule has 0 fully saturated rings. The number of hydrogen-bond acceptors (Lipinski definition) is 4. The number of ether oxygens (including phenoxy) is 1. The van der Waals surface area contributed by atoms with Gasteiger partial charge in [-0.25, -0.2) is 4.39 Å². The second kappa shape index (κ2) is 9.46. The first-order valence-corrected chi connectivity index (χ1v) is 10.8. The molecule has 0 aromatic heterocycles. The largest absolute Gasteiger partial charge is 0.497 e. The lowest BCUT2D eigenvalue weighted by Gasteiger charge is -2.16. The van der Waals surface area contributed by atoms with Gasteiger partial charge in [0.25, 0.3) is 11.8 Å². The average Bonchev–Trinajstić information content (AvgIpc) is 3.04. The molecule has 0 spiro atoms. The summed E-state index contributed by atoms with van der Waals surface area (Å²) in [5.41, 5.74) is 3.26. The average molecular weight is 465 g/mol. The molecule has 168 valence electrons. The highest BCUT2D eigenvalue weighted by atomic mass is 35.5. The zero-order valence-corrected chi connectivity index (χ0v) is 18.9. The van der Waals surface area contributed by atoms with Crippen LogP contribution in [0.3, 0.4) is 0 Å². The smallest absolute Gasteiger partial charge is 0.278 e. The van der Waals surface area contributed by atoms with Crippen LogP contribution in [0.25, 0.3) is 5.57 Å². The highest BCUT2D eigenvalue weighted by Gasteiger charge is 2.39. The van der Waals surface area contributed by atoms with Gasteiger partial charge in [0.1, 0.15) is 17.3 Å². The highest BCUT2D eigenvalue weighted by Crippen LogP contribution is 2.32. The summed E-state index contributed by atoms with van der Waals surface area (Å²) in [5, 5.41) is 3.61. The topological polar surface area (TPSA) is 58.6 Å². The number of halogens is 2. The van der Waals surface area contributed by atoms with E-state index in [-0.39, 0.29) is 17.8 Å². The normalized spacial score (nSPS) is 13.6. The number of imide groups is 1. The van der Waals surface area contributed by atoms with E-state index in [4.69, 9.17) is 16.3 Å². The molecule has 2 amide bonds. The van der Waals surface area contributed by atoms with Crippen molar-refractivity contribution in [1.82, 2.24) is 4.90 Å². The second-order valence-electron chi connectivity index (χ2n) is 7.70. The Kier molecular flexibility index (Phi) is 6.47. The third-order valence-electron chi connectivity index (χ3n) is 5.54. The fourth-order valence-corrected chi connectivity index (χ4v) is 3.85. The van der Waals surface area contributed by atoms with Gasteiger partial charge in [-0.3, -0.25) is 14.5 Å². The van der Waals surface area contributed by atoms with Gasteiger partial charge in [0.15, 0.2) is 0 Å². The lowest BCUT2D eigenvalue weighted by molar-refractivity contribution is -0.136. The van der Waals surface area contributed by atoms with E-state index in [0.717, 1.165) is 16.9 Å². The summed E-state index contributed by atoms with van der Waals surface area (Å²) < 4.78 is 18.7. The first-order chi connectivity index (χ1) is 15.9. The lowest BCUT2D eigenvalue weighted by atomic mass is 10.0. The third-order valence-corrected chi connectivity index (χ3v) is 5.78. The first-order valence-electron chi connectivity index (χ1n) is 10.4. The molecule has 1 N–H and O–H groups in total. The van der Waals surface area contributed by atoms with Crippen LogP contribution in [0.4, 0.5) is 10.1 Å². The molecule has 0 aliphatic carbocycles. The SMILES string of the molecule is COc1ccc(CCN2C(=O)C(Nc3cc(Cl)ccc3C)=C(c3ccc(F)cc3)C2=O)cc1. The number of rotatable bonds is 7. The van der Waals surface area contributed by atoms with Crippen LogP contribution >= 0.6 is 11.6 Å². The molecule has 4 rings (SSSR count). The van der Waals surface area contributed by atoms with Crippen LogP contribution in [0, 0.1) is 12.7 Å². The minimum Gasteiger partial charge on any atom is -0.497 e. The van der Waals surface area contributed by atoms with Gasteiger partial charge in [-0.05, 0) is 66.4 Å². The Morgan fingerprint density at radius 1 is 0.970 bits per heavy atom. The maximum absolute atomic E-state index is 13.5. The van der Waals surface area contributed by atoms with Gasteiger partial charge < -0.3 is 10.1 Å². The third kappa shape index (κ3) is 4.76. The van der Waals surface area contributed by atoms with Gasteiger partial charge in [-0.1, -0.05) is 41.9 Å². The van der Waals surface area contributed by atoms with E-state index in [1.165, 1.54) is 29.2 Å². The summed E-state index contributed by atoms with van der Waals surface area (Å²) >= 11 is 6.14. The minimum atomic E-state index is -0.438. The van der Waals surface area contributed by atoms with Gasteiger partial charge in [0.05, 0.1) is 12.7 Å². The number of benzene rings is 3. The molecule has 0 saturated heterocycles. The monoisotopic (exact) mass is 464 g/mol. The Bertz CT molecular complexity index is 1240. The molecule has 1 heterocycles. The Hall–Kier alpha value is -3.64. The van der Waals surface area contributed by atoms with Crippen molar-refractivity contribution < 1.29 is 18.7 Å². The van der Waals surface area contributed by atoms with Gasteiger partial charge in [0.2, 0.25) is 0 Å². The molecule has 3 aromatic carbocycles. The number of carbonyl (C=O) groups excluding carboxylic acids is 2. The molecule has 5 nitrogen and oxygen atoms in total. The van der Waals surface area contributed by atoms with Crippen LogP contribution in [0.5, 0.6) is 5.75 Å². The minimum absolute atomic E-state index is 0.145.